The Morgan fingerprint density at radius 3 is 2.64 bits per heavy atom. The first-order valence-corrected chi connectivity index (χ1v) is 11.0. The summed E-state index contributed by atoms with van der Waals surface area (Å²) in [7, 11) is 0. The van der Waals surface area contributed by atoms with Gasteiger partial charge in [0, 0.05) is 38.3 Å². The van der Waals surface area contributed by atoms with Crippen molar-refractivity contribution < 1.29 is 9.21 Å². The van der Waals surface area contributed by atoms with E-state index in [1.165, 1.54) is 5.56 Å². The number of nitrogens with one attached hydrogen (secondary N) is 2. The number of benzene rings is 3. The molecule has 0 spiro atoms. The van der Waals surface area contributed by atoms with Crippen LogP contribution in [0.15, 0.2) is 71.1 Å². The number of piperazine rings is 1. The van der Waals surface area contributed by atoms with Gasteiger partial charge in [-0.3, -0.25) is 9.69 Å². The second-order valence-corrected chi connectivity index (χ2v) is 8.16. The highest BCUT2D eigenvalue weighted by molar-refractivity contribution is 6.07. The Bertz CT molecular complexity index is 1260. The Morgan fingerprint density at radius 2 is 1.82 bits per heavy atom. The van der Waals surface area contributed by atoms with E-state index in [-0.39, 0.29) is 18.3 Å². The molecule has 1 aliphatic heterocycles. The molecule has 1 saturated heterocycles. The van der Waals surface area contributed by atoms with Gasteiger partial charge in [-0.05, 0) is 48.4 Å². The molecule has 0 bridgehead atoms. The first-order valence-electron chi connectivity index (χ1n) is 11.0. The number of fused-ring (bicyclic) bond motifs is 1. The van der Waals surface area contributed by atoms with Crippen molar-refractivity contribution in [3.8, 4) is 11.5 Å². The number of aromatic nitrogens is 1. The Kier molecular flexibility index (Phi) is 7.08. The molecule has 2 N–H and O–H groups in total. The molecule has 0 atom stereocenters. The third kappa shape index (κ3) is 5.09. The quantitative estimate of drug-likeness (QED) is 0.442. The molecule has 170 valence electrons. The van der Waals surface area contributed by atoms with Gasteiger partial charge in [-0.1, -0.05) is 36.4 Å². The molecule has 33 heavy (non-hydrogen) atoms. The monoisotopic (exact) mass is 462 g/mol. The first kappa shape index (κ1) is 23.0. The second kappa shape index (κ2) is 10.2. The van der Waals surface area contributed by atoms with Crippen LogP contribution >= 0.6 is 12.4 Å². The maximum atomic E-state index is 12.9. The average Bonchev–Trinajstić information content (AvgIpc) is 3.23. The molecule has 6 nitrogen and oxygen atoms in total. The minimum atomic E-state index is -0.148. The van der Waals surface area contributed by atoms with Crippen LogP contribution in [0.5, 0.6) is 0 Å². The lowest BCUT2D eigenvalue weighted by atomic mass is 10.1. The number of nitrogens with zero attached hydrogens (tertiary/aromatic N) is 2. The number of rotatable bonds is 5. The Hall–Kier alpha value is -3.19. The summed E-state index contributed by atoms with van der Waals surface area (Å²) in [5, 5.41) is 6.41. The number of aryl methyl sites for hydroxylation is 1. The molecule has 1 amide bonds. The number of hydrogen-bond donors (Lipinski definition) is 2. The lowest BCUT2D eigenvalue weighted by molar-refractivity contribution is 0.102. The van der Waals surface area contributed by atoms with Crippen LogP contribution in [0, 0.1) is 6.92 Å². The molecular weight excluding hydrogens is 436 g/mol. The van der Waals surface area contributed by atoms with Gasteiger partial charge in [-0.15, -0.1) is 12.4 Å². The van der Waals surface area contributed by atoms with Crippen molar-refractivity contribution >= 4 is 35.1 Å². The van der Waals surface area contributed by atoms with E-state index >= 15 is 0 Å². The number of halogens is 1. The summed E-state index contributed by atoms with van der Waals surface area (Å²) in [5.41, 5.74) is 5.79. The molecule has 1 aliphatic rings. The number of anilines is 1. The molecule has 4 aromatic rings. The van der Waals surface area contributed by atoms with Crippen molar-refractivity contribution in [1.82, 2.24) is 15.2 Å². The molecule has 1 fully saturated rings. The van der Waals surface area contributed by atoms with E-state index < -0.39 is 0 Å². The van der Waals surface area contributed by atoms with E-state index in [1.54, 1.807) is 0 Å². The van der Waals surface area contributed by atoms with Crippen LogP contribution in [0.4, 0.5) is 5.69 Å². The highest BCUT2D eigenvalue weighted by Gasteiger charge is 2.16. The van der Waals surface area contributed by atoms with E-state index in [2.05, 4.69) is 32.7 Å². The van der Waals surface area contributed by atoms with E-state index in [4.69, 9.17) is 4.42 Å². The molecule has 0 unspecified atom stereocenters. The summed E-state index contributed by atoms with van der Waals surface area (Å²) in [6.07, 6.45) is 0. The van der Waals surface area contributed by atoms with Gasteiger partial charge in [0.15, 0.2) is 5.58 Å². The van der Waals surface area contributed by atoms with Crippen LogP contribution in [0.2, 0.25) is 0 Å². The first-order chi connectivity index (χ1) is 15.7. The highest BCUT2D eigenvalue weighted by Crippen LogP contribution is 2.31. The van der Waals surface area contributed by atoms with Crippen molar-refractivity contribution in [2.75, 3.05) is 31.5 Å². The van der Waals surface area contributed by atoms with Crippen molar-refractivity contribution in [3.63, 3.8) is 0 Å². The van der Waals surface area contributed by atoms with Gasteiger partial charge in [0.1, 0.15) is 5.52 Å². The van der Waals surface area contributed by atoms with Gasteiger partial charge in [-0.2, -0.15) is 0 Å². The number of oxazole rings is 1. The fraction of sp³-hybridized carbons (Fsp3) is 0.231. The minimum Gasteiger partial charge on any atom is -0.436 e. The SMILES string of the molecule is Cc1ccccc1C(=O)Nc1ccccc1-c1nc2ccc(CN3CCNCC3)cc2o1.Cl. The molecule has 2 heterocycles. The number of amides is 1. The van der Waals surface area contributed by atoms with E-state index in [0.717, 1.165) is 55.0 Å². The summed E-state index contributed by atoms with van der Waals surface area (Å²) in [4.78, 5) is 20.0. The molecule has 0 saturated carbocycles. The largest absolute Gasteiger partial charge is 0.436 e. The molecule has 3 aromatic carbocycles. The summed E-state index contributed by atoms with van der Waals surface area (Å²) in [6, 6.07) is 21.3. The Morgan fingerprint density at radius 1 is 1.06 bits per heavy atom. The summed E-state index contributed by atoms with van der Waals surface area (Å²) in [5.74, 6) is 0.352. The molecule has 0 aliphatic carbocycles. The summed E-state index contributed by atoms with van der Waals surface area (Å²) >= 11 is 0. The number of carbonyl (C=O) groups is 1. The van der Waals surface area contributed by atoms with Crippen LogP contribution < -0.4 is 10.6 Å². The normalized spacial score (nSPS) is 14.1. The lowest BCUT2D eigenvalue weighted by Gasteiger charge is -2.27. The summed E-state index contributed by atoms with van der Waals surface area (Å²) < 4.78 is 6.14. The van der Waals surface area contributed by atoms with Crippen LogP contribution in [0.1, 0.15) is 21.5 Å². The fourth-order valence-corrected chi connectivity index (χ4v) is 4.11. The van der Waals surface area contributed by atoms with Crippen molar-refractivity contribution in [3.05, 3.63) is 83.4 Å². The maximum Gasteiger partial charge on any atom is 0.255 e. The zero-order valence-electron chi connectivity index (χ0n) is 18.5. The van der Waals surface area contributed by atoms with Crippen molar-refractivity contribution in [1.29, 1.82) is 0 Å². The van der Waals surface area contributed by atoms with E-state index in [0.29, 0.717) is 17.1 Å². The van der Waals surface area contributed by atoms with Gasteiger partial charge < -0.3 is 15.1 Å². The van der Waals surface area contributed by atoms with Crippen LogP contribution in [0.3, 0.4) is 0 Å². The highest BCUT2D eigenvalue weighted by atomic mass is 35.5. The van der Waals surface area contributed by atoms with Gasteiger partial charge in [0.05, 0.1) is 11.3 Å². The average molecular weight is 463 g/mol. The fourth-order valence-electron chi connectivity index (χ4n) is 4.11. The van der Waals surface area contributed by atoms with E-state index in [1.807, 2.05) is 61.5 Å². The maximum absolute atomic E-state index is 12.9. The smallest absolute Gasteiger partial charge is 0.255 e. The number of para-hydroxylation sites is 1. The van der Waals surface area contributed by atoms with Crippen molar-refractivity contribution in [2.24, 2.45) is 0 Å². The predicted molar refractivity (Wildman–Crippen MR) is 134 cm³/mol. The van der Waals surface area contributed by atoms with Crippen molar-refractivity contribution in [2.45, 2.75) is 13.5 Å². The standard InChI is InChI=1S/C26H26N4O2.ClH/c1-18-6-2-3-7-20(18)25(31)28-22-9-5-4-8-21(22)26-29-23-11-10-19(16-24(23)32-26)17-30-14-12-27-13-15-30;/h2-11,16,27H,12-15,17H2,1H3,(H,28,31);1H. The second-order valence-electron chi connectivity index (χ2n) is 8.16. The molecule has 0 radical (unpaired) electrons. The van der Waals surface area contributed by atoms with Crippen LogP contribution in [-0.4, -0.2) is 42.0 Å². The van der Waals surface area contributed by atoms with Gasteiger partial charge in [-0.25, -0.2) is 4.98 Å². The Labute approximate surface area is 199 Å². The number of carbonyl (C=O) groups excluding carboxylic acids is 1. The third-order valence-electron chi connectivity index (χ3n) is 5.86. The van der Waals surface area contributed by atoms with Gasteiger partial charge in [0.25, 0.3) is 5.91 Å². The van der Waals surface area contributed by atoms with E-state index in [9.17, 15) is 4.79 Å². The number of hydrogen-bond acceptors (Lipinski definition) is 5. The Balaban J connectivity index is 0.00000259. The zero-order valence-corrected chi connectivity index (χ0v) is 19.3. The predicted octanol–water partition coefficient (Wildman–Crippen LogP) is 4.88. The third-order valence-corrected chi connectivity index (χ3v) is 5.86. The molecule has 1 aromatic heterocycles. The van der Waals surface area contributed by atoms with Crippen LogP contribution in [0.25, 0.3) is 22.6 Å². The molecule has 5 rings (SSSR count). The topological polar surface area (TPSA) is 70.4 Å². The lowest BCUT2D eigenvalue weighted by Crippen LogP contribution is -2.42. The molecular formula is C26H27ClN4O2. The summed E-state index contributed by atoms with van der Waals surface area (Å²) in [6.45, 7) is 6.98. The minimum absolute atomic E-state index is 0. The van der Waals surface area contributed by atoms with Crippen LogP contribution in [-0.2, 0) is 6.54 Å². The molecule has 7 heteroatoms. The van der Waals surface area contributed by atoms with Gasteiger partial charge in [0.2, 0.25) is 5.89 Å². The van der Waals surface area contributed by atoms with Gasteiger partial charge >= 0.3 is 0 Å². The zero-order chi connectivity index (χ0) is 21.9.